The summed E-state index contributed by atoms with van der Waals surface area (Å²) in [5.41, 5.74) is 3.95. The van der Waals surface area contributed by atoms with Gasteiger partial charge in [-0.3, -0.25) is 24.5 Å². The van der Waals surface area contributed by atoms with Crippen LogP contribution in [0.15, 0.2) is 73.1 Å². The highest BCUT2D eigenvalue weighted by atomic mass is 16.2. The average molecular weight is 434 g/mol. The number of hydrogen-bond donors (Lipinski definition) is 0. The van der Waals surface area contributed by atoms with Crippen molar-refractivity contribution in [1.29, 1.82) is 5.26 Å². The van der Waals surface area contributed by atoms with Crippen LogP contribution in [0.2, 0.25) is 0 Å². The molecule has 0 saturated carbocycles. The predicted molar refractivity (Wildman–Crippen MR) is 126 cm³/mol. The molecule has 1 atom stereocenters. The highest BCUT2D eigenvalue weighted by molar-refractivity contribution is 6.21. The molecule has 162 valence electrons. The van der Waals surface area contributed by atoms with Gasteiger partial charge in [-0.15, -0.1) is 0 Å². The molecule has 0 fully saturated rings. The second-order valence-electron chi connectivity index (χ2n) is 7.32. The van der Waals surface area contributed by atoms with E-state index in [9.17, 15) is 14.9 Å². The van der Waals surface area contributed by atoms with Crippen molar-refractivity contribution < 1.29 is 9.59 Å². The number of pyridine rings is 2. The molecule has 2 aromatic heterocycles. The van der Waals surface area contributed by atoms with Gasteiger partial charge in [-0.2, -0.15) is 5.26 Å². The molecule has 6 nitrogen and oxygen atoms in total. The minimum Gasteiger partial charge on any atom is -0.269 e. The Hall–Kier alpha value is -4.37. The Balaban J connectivity index is 0.00000126. The number of aromatic nitrogens is 2. The van der Waals surface area contributed by atoms with Crippen LogP contribution in [0.5, 0.6) is 0 Å². The van der Waals surface area contributed by atoms with E-state index in [1.54, 1.807) is 48.8 Å². The van der Waals surface area contributed by atoms with Gasteiger partial charge in [0, 0.05) is 28.9 Å². The summed E-state index contributed by atoms with van der Waals surface area (Å²) in [5.74, 6) is -0.656. The number of imide groups is 1. The van der Waals surface area contributed by atoms with Crippen LogP contribution < -0.4 is 0 Å². The molecular formula is C27H22N4O2. The van der Waals surface area contributed by atoms with E-state index in [2.05, 4.69) is 16.0 Å². The first-order valence-electron chi connectivity index (χ1n) is 10.8. The fourth-order valence-electron chi connectivity index (χ4n) is 4.14. The summed E-state index contributed by atoms with van der Waals surface area (Å²) in [4.78, 5) is 36.4. The van der Waals surface area contributed by atoms with Crippen LogP contribution >= 0.6 is 0 Å². The van der Waals surface area contributed by atoms with E-state index >= 15 is 0 Å². The number of amides is 2. The van der Waals surface area contributed by atoms with Crippen molar-refractivity contribution >= 4 is 22.7 Å². The van der Waals surface area contributed by atoms with Crippen LogP contribution in [0.3, 0.4) is 0 Å². The SMILES string of the molecule is CC.CC(c1cnc2c(C#N)cccc2c1-c1ccccn1)N1C(=O)c2ccccc2C1=O. The van der Waals surface area contributed by atoms with Crippen LogP contribution in [0.4, 0.5) is 0 Å². The lowest BCUT2D eigenvalue weighted by Crippen LogP contribution is -2.33. The zero-order valence-electron chi connectivity index (χ0n) is 18.6. The number of benzene rings is 2. The molecule has 0 radical (unpaired) electrons. The van der Waals surface area contributed by atoms with Gasteiger partial charge in [0.25, 0.3) is 11.8 Å². The van der Waals surface area contributed by atoms with Gasteiger partial charge in [-0.25, -0.2) is 0 Å². The zero-order chi connectivity index (χ0) is 23.5. The molecule has 6 heteroatoms. The number of nitriles is 1. The third kappa shape index (κ3) is 3.54. The van der Waals surface area contributed by atoms with Gasteiger partial charge in [0.2, 0.25) is 0 Å². The Morgan fingerprint density at radius 2 is 1.55 bits per heavy atom. The summed E-state index contributed by atoms with van der Waals surface area (Å²) >= 11 is 0. The van der Waals surface area contributed by atoms with Crippen molar-refractivity contribution in [3.8, 4) is 17.3 Å². The largest absolute Gasteiger partial charge is 0.269 e. The number of nitrogens with zero attached hydrogens (tertiary/aromatic N) is 4. The van der Waals surface area contributed by atoms with Crippen molar-refractivity contribution in [3.63, 3.8) is 0 Å². The van der Waals surface area contributed by atoms with Crippen LogP contribution in [0, 0.1) is 11.3 Å². The summed E-state index contributed by atoms with van der Waals surface area (Å²) in [6, 6.07) is 19.4. The van der Waals surface area contributed by atoms with Crippen molar-refractivity contribution in [2.45, 2.75) is 26.8 Å². The Bertz CT molecular complexity index is 1370. The first kappa shape index (κ1) is 21.8. The number of para-hydroxylation sites is 1. The normalized spacial score (nSPS) is 13.2. The Labute approximate surface area is 192 Å². The lowest BCUT2D eigenvalue weighted by Gasteiger charge is -2.25. The minimum atomic E-state index is -0.577. The quantitative estimate of drug-likeness (QED) is 0.395. The average Bonchev–Trinajstić information content (AvgIpc) is 3.14. The molecule has 0 aliphatic carbocycles. The monoisotopic (exact) mass is 434 g/mol. The third-order valence-electron chi connectivity index (χ3n) is 5.63. The highest BCUT2D eigenvalue weighted by Crippen LogP contribution is 2.38. The third-order valence-corrected chi connectivity index (χ3v) is 5.63. The van der Waals surface area contributed by atoms with Gasteiger partial charge in [-0.1, -0.05) is 44.2 Å². The van der Waals surface area contributed by atoms with Crippen molar-refractivity contribution in [3.05, 3.63) is 95.3 Å². The standard InChI is InChI=1S/C25H16N4O2.C2H6/c1-15(29-24(30)17-8-2-3-9-18(17)25(29)31)20-14-28-23-16(13-26)7-6-10-19(23)22(20)21-11-4-5-12-27-21;1-2/h2-12,14-15H,1H3;1-2H3. The lowest BCUT2D eigenvalue weighted by atomic mass is 9.94. The van der Waals surface area contributed by atoms with Crippen molar-refractivity contribution in [1.82, 2.24) is 14.9 Å². The van der Waals surface area contributed by atoms with E-state index in [1.807, 2.05) is 45.0 Å². The van der Waals surface area contributed by atoms with Gasteiger partial charge < -0.3 is 0 Å². The fraction of sp³-hybridized carbons (Fsp3) is 0.148. The molecule has 3 heterocycles. The minimum absolute atomic E-state index is 0.328. The summed E-state index contributed by atoms with van der Waals surface area (Å²) < 4.78 is 0. The summed E-state index contributed by atoms with van der Waals surface area (Å²) in [5, 5.41) is 10.3. The van der Waals surface area contributed by atoms with E-state index in [0.717, 1.165) is 10.9 Å². The molecule has 0 spiro atoms. The second kappa shape index (κ2) is 9.01. The van der Waals surface area contributed by atoms with Crippen molar-refractivity contribution in [2.75, 3.05) is 0 Å². The molecule has 4 aromatic rings. The molecule has 0 bridgehead atoms. The van der Waals surface area contributed by atoms with Crippen LogP contribution in [-0.2, 0) is 0 Å². The Morgan fingerprint density at radius 3 is 2.15 bits per heavy atom. The Kier molecular flexibility index (Phi) is 5.97. The molecule has 0 saturated heterocycles. The van der Waals surface area contributed by atoms with Crippen LogP contribution in [0.25, 0.3) is 22.2 Å². The maximum absolute atomic E-state index is 13.1. The summed E-state index contributed by atoms with van der Waals surface area (Å²) in [6.07, 6.45) is 3.33. The maximum atomic E-state index is 13.1. The number of carbonyl (C=O) groups is 2. The summed E-state index contributed by atoms with van der Waals surface area (Å²) in [7, 11) is 0. The van der Waals surface area contributed by atoms with E-state index < -0.39 is 6.04 Å². The lowest BCUT2D eigenvalue weighted by molar-refractivity contribution is 0.0595. The molecule has 2 amide bonds. The molecule has 1 aliphatic rings. The van der Waals surface area contributed by atoms with E-state index in [0.29, 0.717) is 33.5 Å². The van der Waals surface area contributed by atoms with Crippen LogP contribution in [0.1, 0.15) is 58.7 Å². The number of fused-ring (bicyclic) bond motifs is 2. The van der Waals surface area contributed by atoms with Gasteiger partial charge in [0.15, 0.2) is 0 Å². The number of hydrogen-bond acceptors (Lipinski definition) is 5. The molecule has 5 rings (SSSR count). The summed E-state index contributed by atoms with van der Waals surface area (Å²) in [6.45, 7) is 5.81. The van der Waals surface area contributed by atoms with E-state index in [1.165, 1.54) is 4.90 Å². The molecule has 0 N–H and O–H groups in total. The number of carbonyl (C=O) groups excluding carboxylic acids is 2. The van der Waals surface area contributed by atoms with E-state index in [4.69, 9.17) is 0 Å². The maximum Gasteiger partial charge on any atom is 0.262 e. The van der Waals surface area contributed by atoms with Crippen molar-refractivity contribution in [2.24, 2.45) is 0 Å². The fourth-order valence-corrected chi connectivity index (χ4v) is 4.14. The molecule has 1 unspecified atom stereocenters. The Morgan fingerprint density at radius 1 is 0.879 bits per heavy atom. The number of rotatable bonds is 3. The second-order valence-corrected chi connectivity index (χ2v) is 7.32. The first-order valence-corrected chi connectivity index (χ1v) is 10.8. The molecule has 33 heavy (non-hydrogen) atoms. The van der Waals surface area contributed by atoms with Gasteiger partial charge in [-0.05, 0) is 37.3 Å². The van der Waals surface area contributed by atoms with Gasteiger partial charge in [0.1, 0.15) is 6.07 Å². The van der Waals surface area contributed by atoms with Crippen LogP contribution in [-0.4, -0.2) is 26.7 Å². The van der Waals surface area contributed by atoms with E-state index in [-0.39, 0.29) is 11.8 Å². The first-order chi connectivity index (χ1) is 16.1. The van der Waals surface area contributed by atoms with Gasteiger partial charge in [0.05, 0.1) is 33.9 Å². The van der Waals surface area contributed by atoms with Gasteiger partial charge >= 0.3 is 0 Å². The molecular weight excluding hydrogens is 412 g/mol. The zero-order valence-corrected chi connectivity index (χ0v) is 18.6. The highest BCUT2D eigenvalue weighted by Gasteiger charge is 2.39. The molecule has 1 aliphatic heterocycles. The smallest absolute Gasteiger partial charge is 0.262 e. The predicted octanol–water partition coefficient (Wildman–Crippen LogP) is 5.55. The molecule has 2 aromatic carbocycles. The topological polar surface area (TPSA) is 86.9 Å².